The minimum absolute atomic E-state index is 0.0732. The molecule has 9 heteroatoms. The summed E-state index contributed by atoms with van der Waals surface area (Å²) in [4.78, 5) is 44.5. The van der Waals surface area contributed by atoms with Crippen LogP contribution >= 0.6 is 0 Å². The molecule has 1 saturated carbocycles. The van der Waals surface area contributed by atoms with Crippen molar-refractivity contribution in [3.8, 4) is 11.4 Å². The summed E-state index contributed by atoms with van der Waals surface area (Å²) in [7, 11) is 0. The second kappa shape index (κ2) is 7.99. The van der Waals surface area contributed by atoms with E-state index in [-0.39, 0.29) is 48.2 Å². The molecule has 0 radical (unpaired) electrons. The van der Waals surface area contributed by atoms with Crippen molar-refractivity contribution in [3.63, 3.8) is 0 Å². The van der Waals surface area contributed by atoms with Crippen molar-refractivity contribution in [1.29, 1.82) is 0 Å². The van der Waals surface area contributed by atoms with Crippen LogP contribution in [0, 0.1) is 13.8 Å². The number of cyclic esters (lactones) is 1. The smallest absolute Gasteiger partial charge is 0.343 e. The maximum atomic E-state index is 13.7. The highest BCUT2D eigenvalue weighted by atomic mass is 16.6. The molecule has 9 nitrogen and oxygen atoms in total. The molecular formula is C30H31N3O6. The highest BCUT2D eigenvalue weighted by Crippen LogP contribution is 2.46. The first-order valence-electron chi connectivity index (χ1n) is 13.7. The summed E-state index contributed by atoms with van der Waals surface area (Å²) in [6, 6.07) is 3.42. The Morgan fingerprint density at radius 1 is 1.18 bits per heavy atom. The van der Waals surface area contributed by atoms with Gasteiger partial charge in [-0.3, -0.25) is 9.59 Å². The molecule has 0 spiro atoms. The zero-order chi connectivity index (χ0) is 27.4. The standard InChI is InChI=1S/C30H31N3O6/c1-4-30(38)19-11-22-25-17(12-33(22)26(34)18(19)13-39-28(30)36)24-20(32-27(35)29(37)8-5-9-29)7-6-16-15(3)14(2)10-21(31-25)23(16)24/h10-11,20,37-38H,4-9,12-13H2,1-3H3,(H,32,35)/t20-,30-/m0/s1. The van der Waals surface area contributed by atoms with E-state index in [0.29, 0.717) is 30.7 Å². The van der Waals surface area contributed by atoms with Crippen LogP contribution in [0.15, 0.2) is 16.9 Å². The number of hydrogen-bond acceptors (Lipinski definition) is 7. The molecule has 2 aromatic heterocycles. The average Bonchev–Trinajstić information content (AvgIpc) is 3.27. The van der Waals surface area contributed by atoms with Gasteiger partial charge in [-0.2, -0.15) is 0 Å². The van der Waals surface area contributed by atoms with Gasteiger partial charge >= 0.3 is 5.97 Å². The number of hydrogen-bond donors (Lipinski definition) is 3. The van der Waals surface area contributed by atoms with Gasteiger partial charge in [-0.15, -0.1) is 0 Å². The molecule has 2 aliphatic heterocycles. The second-order valence-corrected chi connectivity index (χ2v) is 11.6. The molecule has 4 aliphatic rings. The third kappa shape index (κ3) is 3.14. The van der Waals surface area contributed by atoms with E-state index in [1.54, 1.807) is 17.6 Å². The minimum Gasteiger partial charge on any atom is -0.458 e. The van der Waals surface area contributed by atoms with Gasteiger partial charge in [0.2, 0.25) is 0 Å². The van der Waals surface area contributed by atoms with Gasteiger partial charge in [-0.05, 0) is 86.8 Å². The first kappa shape index (κ1) is 24.5. The SMILES string of the molecule is CC[C@@]1(O)C(=O)OCc2c1cc1n(c2=O)Cc2c-1nc1cc(C)c(C)c3c1c2[C@@H](NC(=O)C1(O)CCC1)CC3. The summed E-state index contributed by atoms with van der Waals surface area (Å²) >= 11 is 0. The first-order chi connectivity index (χ1) is 18.6. The summed E-state index contributed by atoms with van der Waals surface area (Å²) in [6.45, 7) is 5.92. The fraction of sp³-hybridized carbons (Fsp3) is 0.467. The number of rotatable bonds is 3. The van der Waals surface area contributed by atoms with Gasteiger partial charge < -0.3 is 24.8 Å². The largest absolute Gasteiger partial charge is 0.458 e. The van der Waals surface area contributed by atoms with Crippen molar-refractivity contribution in [3.05, 3.63) is 61.4 Å². The molecule has 1 fully saturated rings. The molecule has 39 heavy (non-hydrogen) atoms. The number of pyridine rings is 2. The lowest BCUT2D eigenvalue weighted by molar-refractivity contribution is -0.172. The maximum Gasteiger partial charge on any atom is 0.343 e. The van der Waals surface area contributed by atoms with Crippen LogP contribution in [0.25, 0.3) is 22.3 Å². The maximum absolute atomic E-state index is 13.7. The van der Waals surface area contributed by atoms with Crippen molar-refractivity contribution < 1.29 is 24.5 Å². The fourth-order valence-corrected chi connectivity index (χ4v) is 6.91. The van der Waals surface area contributed by atoms with Crippen molar-refractivity contribution in [2.24, 2.45) is 0 Å². The normalized spacial score (nSPS) is 23.9. The Balaban J connectivity index is 1.47. The van der Waals surface area contributed by atoms with E-state index >= 15 is 0 Å². The molecule has 3 N–H and O–H groups in total. The topological polar surface area (TPSA) is 131 Å². The van der Waals surface area contributed by atoms with E-state index in [1.807, 2.05) is 6.07 Å². The Morgan fingerprint density at radius 2 is 1.95 bits per heavy atom. The van der Waals surface area contributed by atoms with Gasteiger partial charge in [-0.1, -0.05) is 6.92 Å². The van der Waals surface area contributed by atoms with Crippen molar-refractivity contribution >= 4 is 22.8 Å². The van der Waals surface area contributed by atoms with Gasteiger partial charge in [0.15, 0.2) is 5.60 Å². The van der Waals surface area contributed by atoms with E-state index < -0.39 is 17.2 Å². The lowest BCUT2D eigenvalue weighted by atomic mass is 9.77. The minimum atomic E-state index is -1.90. The Morgan fingerprint density at radius 3 is 2.64 bits per heavy atom. The summed E-state index contributed by atoms with van der Waals surface area (Å²) < 4.78 is 6.84. The highest BCUT2D eigenvalue weighted by molar-refractivity contribution is 5.95. The lowest BCUT2D eigenvalue weighted by Gasteiger charge is -2.37. The number of esters is 1. The quantitative estimate of drug-likeness (QED) is 0.348. The molecule has 202 valence electrons. The Kier molecular flexibility index (Phi) is 5.01. The molecule has 0 unspecified atom stereocenters. The van der Waals surface area contributed by atoms with Gasteiger partial charge in [-0.25, -0.2) is 9.78 Å². The van der Waals surface area contributed by atoms with Gasteiger partial charge in [0, 0.05) is 16.5 Å². The zero-order valence-corrected chi connectivity index (χ0v) is 22.3. The summed E-state index contributed by atoms with van der Waals surface area (Å²) in [5, 5.41) is 26.1. The van der Waals surface area contributed by atoms with Crippen LogP contribution in [-0.2, 0) is 39.5 Å². The molecule has 3 aromatic rings. The predicted molar refractivity (Wildman–Crippen MR) is 142 cm³/mol. The molecule has 4 heterocycles. The fourth-order valence-electron chi connectivity index (χ4n) is 6.91. The number of nitrogens with one attached hydrogen (secondary N) is 1. The van der Waals surface area contributed by atoms with Gasteiger partial charge in [0.25, 0.3) is 11.5 Å². The molecule has 2 atom stereocenters. The number of aryl methyl sites for hydroxylation is 2. The number of benzene rings is 1. The zero-order valence-electron chi connectivity index (χ0n) is 22.3. The van der Waals surface area contributed by atoms with Gasteiger partial charge in [0.05, 0.1) is 35.1 Å². The van der Waals surface area contributed by atoms with Crippen LogP contribution in [0.3, 0.4) is 0 Å². The molecule has 1 amide bonds. The van der Waals surface area contributed by atoms with Crippen molar-refractivity contribution in [1.82, 2.24) is 14.9 Å². The number of aromatic nitrogens is 2. The van der Waals surface area contributed by atoms with E-state index in [4.69, 9.17) is 9.72 Å². The molecule has 2 aliphatic carbocycles. The van der Waals surface area contributed by atoms with Crippen LogP contribution in [0.2, 0.25) is 0 Å². The number of ether oxygens (including phenoxy) is 1. The van der Waals surface area contributed by atoms with E-state index in [1.165, 1.54) is 11.1 Å². The van der Waals surface area contributed by atoms with Crippen LogP contribution in [0.5, 0.6) is 0 Å². The number of aliphatic hydroxyl groups is 2. The lowest BCUT2D eigenvalue weighted by Crippen LogP contribution is -2.52. The van der Waals surface area contributed by atoms with Crippen LogP contribution < -0.4 is 10.9 Å². The number of nitrogens with zero attached hydrogens (tertiary/aromatic N) is 2. The number of carbonyl (C=O) groups is 2. The molecule has 1 aromatic carbocycles. The van der Waals surface area contributed by atoms with Crippen LogP contribution in [0.1, 0.15) is 84.0 Å². The van der Waals surface area contributed by atoms with Crippen molar-refractivity contribution in [2.45, 2.75) is 89.7 Å². The Hall–Kier alpha value is -3.56. The monoisotopic (exact) mass is 529 g/mol. The molecule has 0 bridgehead atoms. The third-order valence-corrected chi connectivity index (χ3v) is 9.61. The van der Waals surface area contributed by atoms with E-state index in [9.17, 15) is 24.6 Å². The van der Waals surface area contributed by atoms with Gasteiger partial charge in [0.1, 0.15) is 12.2 Å². The van der Waals surface area contributed by atoms with E-state index in [0.717, 1.165) is 40.4 Å². The Bertz CT molecular complexity index is 1700. The number of amides is 1. The first-order valence-corrected chi connectivity index (χ1v) is 13.7. The third-order valence-electron chi connectivity index (χ3n) is 9.61. The van der Waals surface area contributed by atoms with Crippen LogP contribution in [0.4, 0.5) is 0 Å². The molecule has 7 rings (SSSR count). The van der Waals surface area contributed by atoms with E-state index in [2.05, 4.69) is 19.2 Å². The highest BCUT2D eigenvalue weighted by Gasteiger charge is 2.47. The summed E-state index contributed by atoms with van der Waals surface area (Å²) in [5.74, 6) is -1.11. The summed E-state index contributed by atoms with van der Waals surface area (Å²) in [6.07, 6.45) is 3.25. The number of fused-ring (bicyclic) bond motifs is 5. The number of carbonyl (C=O) groups excluding carboxylic acids is 2. The Labute approximate surface area is 224 Å². The summed E-state index contributed by atoms with van der Waals surface area (Å²) in [5.41, 5.74) is 4.26. The molecular weight excluding hydrogens is 498 g/mol. The van der Waals surface area contributed by atoms with Crippen LogP contribution in [-0.4, -0.2) is 37.2 Å². The molecule has 0 saturated heterocycles. The average molecular weight is 530 g/mol. The second-order valence-electron chi connectivity index (χ2n) is 11.6. The predicted octanol–water partition coefficient (Wildman–Crippen LogP) is 2.71. The van der Waals surface area contributed by atoms with Crippen molar-refractivity contribution in [2.75, 3.05) is 0 Å².